The summed E-state index contributed by atoms with van der Waals surface area (Å²) in [6.45, 7) is 12.3. The molecule has 1 nitrogen and oxygen atoms in total. The van der Waals surface area contributed by atoms with Crippen LogP contribution in [0.2, 0.25) is 0 Å². The van der Waals surface area contributed by atoms with E-state index in [4.69, 9.17) is 0 Å². The van der Waals surface area contributed by atoms with Gasteiger partial charge in [0, 0.05) is 0 Å². The molecule has 0 bridgehead atoms. The van der Waals surface area contributed by atoms with Crippen LogP contribution in [0.15, 0.2) is 12.2 Å². The minimum Gasteiger partial charge on any atom is -0.388 e. The molecule has 1 N–H and O–H groups in total. The Balaban J connectivity index is 2.60. The molecule has 1 saturated carbocycles. The molecule has 0 saturated heterocycles. The highest BCUT2D eigenvalue weighted by atomic mass is 16.3. The second-order valence-electron chi connectivity index (χ2n) is 4.43. The summed E-state index contributed by atoms with van der Waals surface area (Å²) in [7, 11) is 0. The van der Waals surface area contributed by atoms with Gasteiger partial charge < -0.3 is 5.11 Å². The number of hydrogen-bond acceptors (Lipinski definition) is 1. The van der Waals surface area contributed by atoms with Crippen molar-refractivity contribution in [2.24, 2.45) is 17.3 Å². The molecule has 0 heterocycles. The predicted octanol–water partition coefficient (Wildman–Crippen LogP) is 2.22. The van der Waals surface area contributed by atoms with Gasteiger partial charge in [-0.05, 0) is 24.2 Å². The monoisotopic (exact) mass is 154 g/mol. The molecule has 3 atom stereocenters. The molecular weight excluding hydrogens is 136 g/mol. The lowest BCUT2D eigenvalue weighted by molar-refractivity contribution is 0.169. The molecule has 1 rings (SSSR count). The average molecular weight is 154 g/mol. The van der Waals surface area contributed by atoms with Gasteiger partial charge in [-0.2, -0.15) is 0 Å². The summed E-state index contributed by atoms with van der Waals surface area (Å²) in [6.07, 6.45) is -0.292. The van der Waals surface area contributed by atoms with E-state index < -0.39 is 0 Å². The maximum absolute atomic E-state index is 9.67. The predicted molar refractivity (Wildman–Crippen MR) is 47.3 cm³/mol. The summed E-state index contributed by atoms with van der Waals surface area (Å²) in [5, 5.41) is 9.67. The second kappa shape index (κ2) is 2.34. The van der Waals surface area contributed by atoms with Crippen LogP contribution in [0.1, 0.15) is 27.7 Å². The van der Waals surface area contributed by atoms with Crippen molar-refractivity contribution < 1.29 is 5.11 Å². The van der Waals surface area contributed by atoms with Crippen molar-refractivity contribution in [3.63, 3.8) is 0 Å². The lowest BCUT2D eigenvalue weighted by Gasteiger charge is -2.10. The van der Waals surface area contributed by atoms with Crippen molar-refractivity contribution in [3.8, 4) is 0 Å². The molecule has 11 heavy (non-hydrogen) atoms. The Kier molecular flexibility index (Phi) is 1.87. The first-order valence-electron chi connectivity index (χ1n) is 4.22. The van der Waals surface area contributed by atoms with E-state index in [9.17, 15) is 5.11 Å². The largest absolute Gasteiger partial charge is 0.388 e. The molecule has 0 unspecified atom stereocenters. The smallest absolute Gasteiger partial charge is 0.0780 e. The first-order valence-corrected chi connectivity index (χ1v) is 4.22. The molecule has 1 fully saturated rings. The van der Waals surface area contributed by atoms with Crippen LogP contribution in [-0.4, -0.2) is 11.2 Å². The van der Waals surface area contributed by atoms with Crippen molar-refractivity contribution in [2.75, 3.05) is 0 Å². The number of aliphatic hydroxyl groups excluding tert-OH is 1. The van der Waals surface area contributed by atoms with Crippen LogP contribution in [0.4, 0.5) is 0 Å². The zero-order valence-corrected chi connectivity index (χ0v) is 7.89. The van der Waals surface area contributed by atoms with E-state index in [-0.39, 0.29) is 6.10 Å². The molecular formula is C10H18O. The summed E-state index contributed by atoms with van der Waals surface area (Å²) in [4.78, 5) is 0. The van der Waals surface area contributed by atoms with Gasteiger partial charge in [0.1, 0.15) is 0 Å². The zero-order chi connectivity index (χ0) is 8.81. The second-order valence-corrected chi connectivity index (χ2v) is 4.43. The lowest BCUT2D eigenvalue weighted by Crippen LogP contribution is -2.13. The van der Waals surface area contributed by atoms with Crippen LogP contribution >= 0.6 is 0 Å². The van der Waals surface area contributed by atoms with Crippen molar-refractivity contribution in [1.82, 2.24) is 0 Å². The highest BCUT2D eigenvalue weighted by Crippen LogP contribution is 2.60. The Hall–Kier alpha value is -0.300. The van der Waals surface area contributed by atoms with Crippen molar-refractivity contribution in [3.05, 3.63) is 12.2 Å². The fourth-order valence-corrected chi connectivity index (χ4v) is 1.93. The van der Waals surface area contributed by atoms with E-state index in [2.05, 4.69) is 27.4 Å². The third-order valence-electron chi connectivity index (χ3n) is 3.31. The Labute approximate surface area is 69.1 Å². The molecule has 0 aromatic heterocycles. The fourth-order valence-electron chi connectivity index (χ4n) is 1.93. The average Bonchev–Trinajstić information content (AvgIpc) is 2.32. The van der Waals surface area contributed by atoms with Crippen LogP contribution in [0.5, 0.6) is 0 Å². The summed E-state index contributed by atoms with van der Waals surface area (Å²) in [5.74, 6) is 1.06. The first-order chi connectivity index (χ1) is 4.89. The molecule has 1 heteroatoms. The summed E-state index contributed by atoms with van der Waals surface area (Å²) < 4.78 is 0. The third-order valence-corrected chi connectivity index (χ3v) is 3.31. The molecule has 1 aliphatic carbocycles. The topological polar surface area (TPSA) is 20.2 Å². The number of aliphatic hydroxyl groups is 1. The highest BCUT2D eigenvalue weighted by Gasteiger charge is 2.57. The maximum Gasteiger partial charge on any atom is 0.0780 e. The normalized spacial score (nSPS) is 36.5. The van der Waals surface area contributed by atoms with Gasteiger partial charge >= 0.3 is 0 Å². The van der Waals surface area contributed by atoms with E-state index in [1.54, 1.807) is 0 Å². The Morgan fingerprint density at radius 2 is 1.91 bits per heavy atom. The highest BCUT2D eigenvalue weighted by molar-refractivity contribution is 5.14. The van der Waals surface area contributed by atoms with Gasteiger partial charge in [0.05, 0.1) is 6.10 Å². The fraction of sp³-hybridized carbons (Fsp3) is 0.800. The van der Waals surface area contributed by atoms with Gasteiger partial charge in [-0.15, -0.1) is 0 Å². The van der Waals surface area contributed by atoms with Crippen molar-refractivity contribution in [2.45, 2.75) is 33.8 Å². The molecule has 0 radical (unpaired) electrons. The van der Waals surface area contributed by atoms with Crippen LogP contribution < -0.4 is 0 Å². The standard InChI is InChI=1S/C10H18O/c1-6(2)9(11)8-7(3)10(8,4)5/h7-9,11H,1H2,2-5H3/t7-,8+,9+/m1/s1. The first kappa shape index (κ1) is 8.79. The zero-order valence-electron chi connectivity index (χ0n) is 7.89. The third kappa shape index (κ3) is 1.22. The van der Waals surface area contributed by atoms with Crippen molar-refractivity contribution in [1.29, 1.82) is 0 Å². The van der Waals surface area contributed by atoms with Gasteiger partial charge in [0.2, 0.25) is 0 Å². The molecule has 0 aliphatic heterocycles. The summed E-state index contributed by atoms with van der Waals surface area (Å²) in [6, 6.07) is 0. The Morgan fingerprint density at radius 1 is 1.55 bits per heavy atom. The van der Waals surface area contributed by atoms with Gasteiger partial charge in [-0.1, -0.05) is 32.9 Å². The van der Waals surface area contributed by atoms with Crippen molar-refractivity contribution >= 4 is 0 Å². The quantitative estimate of drug-likeness (QED) is 0.605. The maximum atomic E-state index is 9.67. The van der Waals surface area contributed by atoms with E-state index in [1.807, 2.05) is 6.92 Å². The molecule has 0 spiro atoms. The van der Waals surface area contributed by atoms with E-state index in [0.717, 1.165) is 5.57 Å². The number of hydrogen-bond donors (Lipinski definition) is 1. The Bertz CT molecular complexity index is 181. The molecule has 0 amide bonds. The summed E-state index contributed by atoms with van der Waals surface area (Å²) in [5.41, 5.74) is 1.21. The molecule has 1 aliphatic rings. The van der Waals surface area contributed by atoms with Crippen LogP contribution in [0, 0.1) is 17.3 Å². The lowest BCUT2D eigenvalue weighted by atomic mass is 10.0. The van der Waals surface area contributed by atoms with Gasteiger partial charge in [0.15, 0.2) is 0 Å². The minimum atomic E-state index is -0.292. The van der Waals surface area contributed by atoms with E-state index >= 15 is 0 Å². The van der Waals surface area contributed by atoms with Crippen LogP contribution in [0.3, 0.4) is 0 Å². The van der Waals surface area contributed by atoms with E-state index in [1.165, 1.54) is 0 Å². The Morgan fingerprint density at radius 3 is 2.00 bits per heavy atom. The van der Waals surface area contributed by atoms with Gasteiger partial charge in [-0.3, -0.25) is 0 Å². The molecule has 0 aromatic rings. The van der Waals surface area contributed by atoms with Crippen LogP contribution in [-0.2, 0) is 0 Å². The van der Waals surface area contributed by atoms with Gasteiger partial charge in [0.25, 0.3) is 0 Å². The molecule has 0 aromatic carbocycles. The summed E-state index contributed by atoms with van der Waals surface area (Å²) >= 11 is 0. The minimum absolute atomic E-state index is 0.292. The van der Waals surface area contributed by atoms with Crippen LogP contribution in [0.25, 0.3) is 0 Å². The molecule has 64 valence electrons. The van der Waals surface area contributed by atoms with Gasteiger partial charge in [-0.25, -0.2) is 0 Å². The van der Waals surface area contributed by atoms with E-state index in [0.29, 0.717) is 17.3 Å². The SMILES string of the molecule is C=C(C)[C@H](O)[C@@H]1[C@@H](C)C1(C)C. The number of rotatable bonds is 2.